The quantitative estimate of drug-likeness (QED) is 0.454. The summed E-state index contributed by atoms with van der Waals surface area (Å²) >= 11 is 0. The molecular weight excluding hydrogens is 532 g/mol. The molecule has 0 radical (unpaired) electrons. The lowest BCUT2D eigenvalue weighted by molar-refractivity contribution is -0.143. The molecule has 2 atom stereocenters. The van der Waals surface area contributed by atoms with Crippen molar-refractivity contribution in [3.05, 3.63) is 23.3 Å². The Balaban J connectivity index is 1.65. The molecule has 4 heterocycles. The van der Waals surface area contributed by atoms with E-state index in [-0.39, 0.29) is 50.1 Å². The molecule has 0 bridgehead atoms. The molecular formula is C26H24N2O12. The molecule has 0 saturated heterocycles. The average molecular weight is 556 g/mol. The lowest BCUT2D eigenvalue weighted by atomic mass is 9.91. The molecule has 0 aromatic heterocycles. The van der Waals surface area contributed by atoms with Crippen LogP contribution in [0.2, 0.25) is 0 Å². The van der Waals surface area contributed by atoms with E-state index < -0.39 is 24.0 Å². The van der Waals surface area contributed by atoms with Crippen molar-refractivity contribution in [2.24, 2.45) is 9.98 Å². The predicted molar refractivity (Wildman–Crippen MR) is 134 cm³/mol. The summed E-state index contributed by atoms with van der Waals surface area (Å²) in [6.45, 7) is -0.150. The number of aliphatic imine (C=N–C) groups is 2. The molecule has 14 heteroatoms. The molecule has 210 valence electrons. The molecule has 6 rings (SSSR count). The number of fused-ring (bicyclic) bond motifs is 2. The van der Waals surface area contributed by atoms with E-state index in [0.717, 1.165) is 0 Å². The molecule has 0 amide bonds. The Morgan fingerprint density at radius 2 is 1.10 bits per heavy atom. The normalized spacial score (nSPS) is 19.8. The van der Waals surface area contributed by atoms with Gasteiger partial charge in [0.15, 0.2) is 35.1 Å². The molecule has 40 heavy (non-hydrogen) atoms. The minimum atomic E-state index is -0.870. The number of hydrogen-bond donors (Lipinski definition) is 0. The van der Waals surface area contributed by atoms with Crippen LogP contribution in [0.3, 0.4) is 0 Å². The molecule has 0 fully saturated rings. The van der Waals surface area contributed by atoms with Gasteiger partial charge in [-0.2, -0.15) is 0 Å². The minimum Gasteiger partial charge on any atom is -0.492 e. The number of esters is 2. The van der Waals surface area contributed by atoms with Crippen LogP contribution in [0.4, 0.5) is 0 Å². The first-order valence-electron chi connectivity index (χ1n) is 12.1. The fourth-order valence-electron chi connectivity index (χ4n) is 4.80. The maximum atomic E-state index is 12.2. The van der Waals surface area contributed by atoms with Gasteiger partial charge in [0.25, 0.3) is 0 Å². The topological polar surface area (TPSA) is 151 Å². The monoisotopic (exact) mass is 556 g/mol. The molecule has 4 aliphatic rings. The zero-order valence-corrected chi connectivity index (χ0v) is 21.9. The number of carbonyl (C=O) groups is 2. The van der Waals surface area contributed by atoms with E-state index in [1.165, 1.54) is 28.4 Å². The summed E-state index contributed by atoms with van der Waals surface area (Å²) in [6.07, 6.45) is 0. The summed E-state index contributed by atoms with van der Waals surface area (Å²) in [7, 11) is 5.49. The van der Waals surface area contributed by atoms with Crippen LogP contribution < -0.4 is 28.4 Å². The molecule has 2 aromatic carbocycles. The number of rotatable bonds is 7. The Morgan fingerprint density at radius 3 is 1.48 bits per heavy atom. The maximum Gasteiger partial charge on any atom is 0.334 e. The SMILES string of the molecule is COC(=O)[C@@H]1COC(c2cc3c(c(OC)c2-c2c(C4=N[C@H](C(=O)OC)CO4)cc4c(c2OC)OCO4)OCO3)=N1. The summed E-state index contributed by atoms with van der Waals surface area (Å²) in [4.78, 5) is 33.4. The lowest BCUT2D eigenvalue weighted by Crippen LogP contribution is -2.21. The summed E-state index contributed by atoms with van der Waals surface area (Å²) in [6, 6.07) is 1.60. The number of hydrogen-bond acceptors (Lipinski definition) is 14. The Kier molecular flexibility index (Phi) is 6.36. The second-order valence-electron chi connectivity index (χ2n) is 8.70. The fourth-order valence-corrected chi connectivity index (χ4v) is 4.80. The predicted octanol–water partition coefficient (Wildman–Crippen LogP) is 1.46. The second-order valence-corrected chi connectivity index (χ2v) is 8.70. The van der Waals surface area contributed by atoms with Crippen molar-refractivity contribution in [3.63, 3.8) is 0 Å². The fraction of sp³-hybridized carbons (Fsp3) is 0.385. The molecule has 0 saturated carbocycles. The summed E-state index contributed by atoms with van der Waals surface area (Å²) < 4.78 is 56.0. The smallest absolute Gasteiger partial charge is 0.334 e. The van der Waals surface area contributed by atoms with E-state index in [9.17, 15) is 9.59 Å². The van der Waals surface area contributed by atoms with Crippen LogP contribution in [0.1, 0.15) is 11.1 Å². The van der Waals surface area contributed by atoms with Gasteiger partial charge in [-0.05, 0) is 12.1 Å². The van der Waals surface area contributed by atoms with Crippen molar-refractivity contribution in [2.75, 3.05) is 55.2 Å². The van der Waals surface area contributed by atoms with E-state index in [4.69, 9.17) is 47.4 Å². The van der Waals surface area contributed by atoms with Gasteiger partial charge in [0.05, 0.1) is 39.6 Å². The average Bonchev–Trinajstić information content (AvgIpc) is 3.80. The highest BCUT2D eigenvalue weighted by Gasteiger charge is 2.39. The van der Waals surface area contributed by atoms with E-state index in [1.807, 2.05) is 0 Å². The zero-order valence-electron chi connectivity index (χ0n) is 21.9. The molecule has 2 aromatic rings. The first kappa shape index (κ1) is 25.4. The van der Waals surface area contributed by atoms with Gasteiger partial charge in [0.1, 0.15) is 13.2 Å². The van der Waals surface area contributed by atoms with E-state index >= 15 is 0 Å². The van der Waals surface area contributed by atoms with Crippen molar-refractivity contribution < 1.29 is 57.0 Å². The van der Waals surface area contributed by atoms with Crippen LogP contribution in [-0.2, 0) is 28.5 Å². The van der Waals surface area contributed by atoms with Gasteiger partial charge < -0.3 is 47.4 Å². The van der Waals surface area contributed by atoms with Crippen LogP contribution in [-0.4, -0.2) is 91.1 Å². The molecule has 14 nitrogen and oxygen atoms in total. The van der Waals surface area contributed by atoms with Crippen molar-refractivity contribution in [1.29, 1.82) is 0 Å². The van der Waals surface area contributed by atoms with Gasteiger partial charge in [-0.15, -0.1) is 0 Å². The minimum absolute atomic E-state index is 0.0278. The Labute approximate surface area is 227 Å². The number of methoxy groups -OCH3 is 4. The number of ether oxygens (including phenoxy) is 10. The van der Waals surface area contributed by atoms with Crippen molar-refractivity contribution >= 4 is 23.7 Å². The molecule has 4 aliphatic heterocycles. The van der Waals surface area contributed by atoms with Gasteiger partial charge in [-0.1, -0.05) is 0 Å². The van der Waals surface area contributed by atoms with Gasteiger partial charge >= 0.3 is 11.9 Å². The van der Waals surface area contributed by atoms with E-state index in [0.29, 0.717) is 45.3 Å². The van der Waals surface area contributed by atoms with Crippen LogP contribution >= 0.6 is 0 Å². The highest BCUT2D eigenvalue weighted by molar-refractivity contribution is 6.12. The van der Waals surface area contributed by atoms with Crippen molar-refractivity contribution in [3.8, 4) is 45.6 Å². The maximum absolute atomic E-state index is 12.2. The molecule has 0 N–H and O–H groups in total. The number of nitrogens with zero attached hydrogens (tertiary/aromatic N) is 2. The van der Waals surface area contributed by atoms with Crippen LogP contribution in [0, 0.1) is 0 Å². The highest BCUT2D eigenvalue weighted by Crippen LogP contribution is 2.56. The number of benzene rings is 2. The molecule has 0 spiro atoms. The first-order chi connectivity index (χ1) is 19.5. The Morgan fingerprint density at radius 1 is 0.675 bits per heavy atom. The summed E-state index contributed by atoms with van der Waals surface area (Å²) in [5.41, 5.74) is 1.59. The molecule has 0 aliphatic carbocycles. The highest BCUT2D eigenvalue weighted by atomic mass is 16.7. The van der Waals surface area contributed by atoms with Crippen molar-refractivity contribution in [1.82, 2.24) is 0 Å². The second kappa shape index (κ2) is 10.0. The molecule has 0 unspecified atom stereocenters. The van der Waals surface area contributed by atoms with E-state index in [1.54, 1.807) is 12.1 Å². The Hall–Kier alpha value is -4.88. The van der Waals surface area contributed by atoms with Gasteiger partial charge in [0, 0.05) is 11.1 Å². The summed E-state index contributed by atoms with van der Waals surface area (Å²) in [5, 5.41) is 0. The number of carbonyl (C=O) groups excluding carboxylic acids is 2. The third-order valence-corrected chi connectivity index (χ3v) is 6.61. The van der Waals surface area contributed by atoms with Crippen molar-refractivity contribution in [2.45, 2.75) is 12.1 Å². The van der Waals surface area contributed by atoms with Gasteiger partial charge in [-0.25, -0.2) is 19.6 Å². The Bertz CT molecular complexity index is 1360. The lowest BCUT2D eigenvalue weighted by Gasteiger charge is -2.21. The van der Waals surface area contributed by atoms with Gasteiger partial charge in [0.2, 0.25) is 36.9 Å². The largest absolute Gasteiger partial charge is 0.492 e. The third kappa shape index (κ3) is 3.94. The van der Waals surface area contributed by atoms with Crippen LogP contribution in [0.15, 0.2) is 22.1 Å². The van der Waals surface area contributed by atoms with E-state index in [2.05, 4.69) is 9.98 Å². The van der Waals surface area contributed by atoms with Crippen LogP contribution in [0.25, 0.3) is 11.1 Å². The first-order valence-corrected chi connectivity index (χ1v) is 12.1. The third-order valence-electron chi connectivity index (χ3n) is 6.61. The van der Waals surface area contributed by atoms with Gasteiger partial charge in [-0.3, -0.25) is 0 Å². The summed E-state index contributed by atoms with van der Waals surface area (Å²) in [5.74, 6) is 1.12. The van der Waals surface area contributed by atoms with Crippen LogP contribution in [0.5, 0.6) is 34.5 Å². The zero-order chi connectivity index (χ0) is 28.0. The standard InChI is InChI=1S/C26H24N2O12/c1-31-21-17(11(5-15-19(21)39-9-37-15)23-27-13(7-35-23)25(29)33-3)18-12(24-28-14(8-36-24)26(30)34-4)6-16-20(22(18)32-2)40-10-38-16/h5-6,13-14H,7-10H2,1-4H3/t13-,14-/m0/s1.